The Kier molecular flexibility index (Phi) is 8.12. The molecule has 2 atom stereocenters. The quantitative estimate of drug-likeness (QED) is 0.545. The predicted octanol–water partition coefficient (Wildman–Crippen LogP) is 5.57. The van der Waals surface area contributed by atoms with Gasteiger partial charge in [0.25, 0.3) is 0 Å². The number of benzene rings is 3. The molecule has 0 bridgehead atoms. The predicted molar refractivity (Wildman–Crippen MR) is 122 cm³/mol. The van der Waals surface area contributed by atoms with Crippen LogP contribution in [0.15, 0.2) is 100 Å². The van der Waals surface area contributed by atoms with Crippen LogP contribution in [0.3, 0.4) is 0 Å². The molecule has 0 saturated heterocycles. The van der Waals surface area contributed by atoms with E-state index in [2.05, 4.69) is 4.36 Å². The van der Waals surface area contributed by atoms with E-state index in [1.54, 1.807) is 6.08 Å². The number of carbonyl (C=O) groups excluding carboxylic acids is 1. The van der Waals surface area contributed by atoms with Gasteiger partial charge in [0.2, 0.25) is 0 Å². The Morgan fingerprint density at radius 3 is 2.30 bits per heavy atom. The number of ether oxygens (including phenoxy) is 1. The molecule has 0 aliphatic heterocycles. The van der Waals surface area contributed by atoms with Crippen molar-refractivity contribution >= 4 is 22.9 Å². The molecule has 154 valence electrons. The van der Waals surface area contributed by atoms with Gasteiger partial charge in [-0.05, 0) is 30.2 Å². The summed E-state index contributed by atoms with van der Waals surface area (Å²) >= 11 is 0. The molecule has 0 aliphatic carbocycles. The zero-order chi connectivity index (χ0) is 21.2. The Bertz CT molecular complexity index is 1000. The molecule has 0 fully saturated rings. The van der Waals surface area contributed by atoms with Gasteiger partial charge >= 0.3 is 6.09 Å². The van der Waals surface area contributed by atoms with Gasteiger partial charge in [-0.15, -0.1) is 4.36 Å². The molecule has 0 radical (unpaired) electrons. The second-order valence-corrected chi connectivity index (χ2v) is 8.53. The van der Waals surface area contributed by atoms with Crippen molar-refractivity contribution in [2.24, 2.45) is 4.36 Å². The molecule has 1 amide bonds. The molecule has 5 heteroatoms. The van der Waals surface area contributed by atoms with E-state index in [9.17, 15) is 9.90 Å². The third-order valence-electron chi connectivity index (χ3n) is 4.32. The van der Waals surface area contributed by atoms with Crippen LogP contribution in [-0.4, -0.2) is 23.1 Å². The highest BCUT2D eigenvalue weighted by molar-refractivity contribution is 7.87. The van der Waals surface area contributed by atoms with Gasteiger partial charge in [0.05, 0.1) is 6.10 Å². The number of aliphatic hydroxyl groups excluding tert-OH is 1. The van der Waals surface area contributed by atoms with E-state index >= 15 is 0 Å². The van der Waals surface area contributed by atoms with Crippen molar-refractivity contribution in [2.45, 2.75) is 24.5 Å². The van der Waals surface area contributed by atoms with Gasteiger partial charge in [0, 0.05) is 10.6 Å². The molecule has 3 rings (SSSR count). The number of hydrogen-bond acceptors (Lipinski definition) is 3. The highest BCUT2D eigenvalue weighted by Gasteiger charge is 2.11. The number of nitrogens with zero attached hydrogens (tertiary/aromatic N) is 1. The molecule has 3 aromatic rings. The minimum atomic E-state index is -0.823. The summed E-state index contributed by atoms with van der Waals surface area (Å²) in [5.74, 6) is 0.312. The maximum atomic E-state index is 12.3. The summed E-state index contributed by atoms with van der Waals surface area (Å²) in [6, 6.07) is 27.1. The number of aliphatic hydroxyl groups is 1. The van der Waals surface area contributed by atoms with Crippen LogP contribution >= 0.6 is 0 Å². The van der Waals surface area contributed by atoms with E-state index in [-0.39, 0.29) is 6.61 Å². The maximum absolute atomic E-state index is 12.3. The number of amides is 1. The molecule has 4 nitrogen and oxygen atoms in total. The van der Waals surface area contributed by atoms with Crippen LogP contribution in [0, 0.1) is 6.92 Å². The van der Waals surface area contributed by atoms with E-state index in [1.807, 2.05) is 97.9 Å². The number of rotatable bonds is 7. The fourth-order valence-electron chi connectivity index (χ4n) is 2.72. The molecule has 30 heavy (non-hydrogen) atoms. The molecule has 0 heterocycles. The molecular weight excluding hydrogens is 394 g/mol. The molecule has 0 unspecified atom stereocenters. The van der Waals surface area contributed by atoms with Gasteiger partial charge in [-0.25, -0.2) is 4.79 Å². The van der Waals surface area contributed by atoms with E-state index in [1.165, 1.54) is 0 Å². The summed E-state index contributed by atoms with van der Waals surface area (Å²) in [5, 5.41) is 10.5. The molecule has 0 spiro atoms. The van der Waals surface area contributed by atoms with Crippen molar-refractivity contribution in [1.29, 1.82) is 0 Å². The van der Waals surface area contributed by atoms with Gasteiger partial charge in [-0.3, -0.25) is 0 Å². The standard InChI is InChI=1S/C25H25NO3S/c1-20-12-16-24(17-13-20)30(19-23(27)15-14-21-8-4-2-5-9-21)26-25(28)29-18-22-10-6-3-7-11-22/h2-17,23,27H,18-19H2,1H3/b15-14+/t23-,30-/m0/s1. The lowest BCUT2D eigenvalue weighted by atomic mass is 10.2. The van der Waals surface area contributed by atoms with Crippen molar-refractivity contribution in [2.75, 3.05) is 5.75 Å². The van der Waals surface area contributed by atoms with E-state index in [0.29, 0.717) is 5.75 Å². The topological polar surface area (TPSA) is 58.9 Å². The first-order chi connectivity index (χ1) is 14.6. The minimum Gasteiger partial charge on any atom is -0.443 e. The molecule has 0 saturated carbocycles. The average molecular weight is 420 g/mol. The summed E-state index contributed by atoms with van der Waals surface area (Å²) < 4.78 is 9.58. The third kappa shape index (κ3) is 7.10. The van der Waals surface area contributed by atoms with Crippen molar-refractivity contribution < 1.29 is 14.6 Å². The van der Waals surface area contributed by atoms with Crippen molar-refractivity contribution in [3.8, 4) is 0 Å². The van der Waals surface area contributed by atoms with Gasteiger partial charge in [-0.1, -0.05) is 101 Å². The summed E-state index contributed by atoms with van der Waals surface area (Å²) in [6.45, 7) is 2.18. The van der Waals surface area contributed by atoms with E-state index in [0.717, 1.165) is 21.6 Å². The molecular formula is C25H25NO3S. The van der Waals surface area contributed by atoms with Gasteiger partial charge in [0.15, 0.2) is 0 Å². The lowest BCUT2D eigenvalue weighted by molar-refractivity contribution is 0.151. The zero-order valence-electron chi connectivity index (χ0n) is 16.8. The molecule has 1 N–H and O–H groups in total. The van der Waals surface area contributed by atoms with Crippen LogP contribution in [0.4, 0.5) is 4.79 Å². The number of carbonyl (C=O) groups is 1. The third-order valence-corrected chi connectivity index (χ3v) is 6.16. The molecule has 0 aliphatic rings. The van der Waals surface area contributed by atoms with Crippen molar-refractivity contribution in [1.82, 2.24) is 0 Å². The summed E-state index contributed by atoms with van der Waals surface area (Å²) in [5.41, 5.74) is 3.03. The second kappa shape index (κ2) is 11.2. The van der Waals surface area contributed by atoms with Gasteiger partial charge in [0.1, 0.15) is 6.61 Å². The minimum absolute atomic E-state index is 0.171. The Balaban J connectivity index is 1.72. The van der Waals surface area contributed by atoms with Gasteiger partial charge < -0.3 is 9.84 Å². The second-order valence-electron chi connectivity index (χ2n) is 6.81. The van der Waals surface area contributed by atoms with Crippen LogP contribution in [-0.2, 0) is 22.0 Å². The normalized spacial score (nSPS) is 13.3. The van der Waals surface area contributed by atoms with E-state index in [4.69, 9.17) is 4.74 Å². The van der Waals surface area contributed by atoms with Crippen LogP contribution in [0.25, 0.3) is 6.08 Å². The van der Waals surface area contributed by atoms with Crippen molar-refractivity contribution in [3.05, 3.63) is 108 Å². The highest BCUT2D eigenvalue weighted by Crippen LogP contribution is 2.14. The Morgan fingerprint density at radius 1 is 1.00 bits per heavy atom. The summed E-state index contributed by atoms with van der Waals surface area (Å²) in [4.78, 5) is 13.2. The largest absolute Gasteiger partial charge is 0.443 e. The monoisotopic (exact) mass is 419 g/mol. The first kappa shape index (κ1) is 21.7. The zero-order valence-corrected chi connectivity index (χ0v) is 17.7. The first-order valence-corrected chi connectivity index (χ1v) is 11.1. The van der Waals surface area contributed by atoms with Crippen LogP contribution in [0.2, 0.25) is 0 Å². The Morgan fingerprint density at radius 2 is 1.63 bits per heavy atom. The lowest BCUT2D eigenvalue weighted by Gasteiger charge is -2.12. The lowest BCUT2D eigenvalue weighted by Crippen LogP contribution is -2.15. The Hall–Kier alpha value is -3.02. The van der Waals surface area contributed by atoms with E-state index < -0.39 is 22.9 Å². The Labute approximate surface area is 180 Å². The highest BCUT2D eigenvalue weighted by atomic mass is 32.2. The van der Waals surface area contributed by atoms with Crippen LogP contribution in [0.1, 0.15) is 16.7 Å². The fraction of sp³-hybridized carbons (Fsp3) is 0.160. The SMILES string of the molecule is Cc1ccc(/[S@](C[C@@H](O)/C=C/c2ccccc2)=N/C(=O)OCc2ccccc2)cc1. The maximum Gasteiger partial charge on any atom is 0.440 e. The summed E-state index contributed by atoms with van der Waals surface area (Å²) in [7, 11) is -0.823. The smallest absolute Gasteiger partial charge is 0.440 e. The summed E-state index contributed by atoms with van der Waals surface area (Å²) in [6.07, 6.45) is 2.24. The molecule has 0 aromatic heterocycles. The van der Waals surface area contributed by atoms with Crippen LogP contribution in [0.5, 0.6) is 0 Å². The first-order valence-electron chi connectivity index (χ1n) is 9.71. The van der Waals surface area contributed by atoms with Gasteiger partial charge in [-0.2, -0.15) is 0 Å². The fourth-order valence-corrected chi connectivity index (χ4v) is 4.21. The number of aryl methyl sites for hydroxylation is 1. The van der Waals surface area contributed by atoms with Crippen molar-refractivity contribution in [3.63, 3.8) is 0 Å². The average Bonchev–Trinajstić information content (AvgIpc) is 2.78. The van der Waals surface area contributed by atoms with Crippen LogP contribution < -0.4 is 0 Å². The number of hydrogen-bond donors (Lipinski definition) is 1. The molecule has 3 aromatic carbocycles.